The van der Waals surface area contributed by atoms with Crippen LogP contribution in [0.1, 0.15) is 47.4 Å². The molecule has 2 saturated carbocycles. The van der Waals surface area contributed by atoms with Gasteiger partial charge in [0.15, 0.2) is 0 Å². The zero-order chi connectivity index (χ0) is 25.0. The normalized spacial score (nSPS) is 21.4. The summed E-state index contributed by atoms with van der Waals surface area (Å²) < 4.78 is 20.5. The maximum atomic E-state index is 14.9. The number of rotatable bonds is 6. The molecule has 0 radical (unpaired) electrons. The number of ether oxygens (including phenoxy) is 1. The second kappa shape index (κ2) is 8.47. The summed E-state index contributed by atoms with van der Waals surface area (Å²) in [6.45, 7) is 0.820. The van der Waals surface area contributed by atoms with Crippen molar-refractivity contribution in [2.24, 2.45) is 5.92 Å². The Labute approximate surface area is 209 Å². The highest BCUT2D eigenvalue weighted by molar-refractivity contribution is 5.87. The third-order valence-electron chi connectivity index (χ3n) is 8.20. The number of aliphatic carboxylic acids is 1. The molecule has 3 aromatic rings. The summed E-state index contributed by atoms with van der Waals surface area (Å²) in [6, 6.07) is 18.8. The minimum atomic E-state index is -0.860. The predicted molar refractivity (Wildman–Crippen MR) is 133 cm³/mol. The Hall–Kier alpha value is -3.67. The number of methoxy groups -OCH3 is 1. The fourth-order valence-corrected chi connectivity index (χ4v) is 5.81. The molecule has 0 bridgehead atoms. The molecule has 184 valence electrons. The van der Waals surface area contributed by atoms with Gasteiger partial charge in [-0.05, 0) is 77.6 Å². The molecule has 1 N–H and O–H groups in total. The van der Waals surface area contributed by atoms with Gasteiger partial charge < -0.3 is 14.7 Å². The van der Waals surface area contributed by atoms with Gasteiger partial charge in [0.25, 0.3) is 0 Å². The van der Waals surface area contributed by atoms with Gasteiger partial charge in [-0.2, -0.15) is 0 Å². The number of hydrogen-bond acceptors (Lipinski definition) is 3. The second-order valence-electron chi connectivity index (χ2n) is 10.2. The summed E-state index contributed by atoms with van der Waals surface area (Å²) in [6.07, 6.45) is 2.49. The predicted octanol–water partition coefficient (Wildman–Crippen LogP) is 5.31. The lowest BCUT2D eigenvalue weighted by Crippen LogP contribution is -2.37. The molecular formula is C30H28FNO4. The van der Waals surface area contributed by atoms with Crippen LogP contribution in [0.3, 0.4) is 0 Å². The van der Waals surface area contributed by atoms with Crippen LogP contribution in [0.25, 0.3) is 11.1 Å². The number of benzene rings is 3. The summed E-state index contributed by atoms with van der Waals surface area (Å²) >= 11 is 0. The lowest BCUT2D eigenvalue weighted by atomic mass is 9.87. The first-order valence-corrected chi connectivity index (χ1v) is 12.5. The number of carboxylic acids is 1. The van der Waals surface area contributed by atoms with E-state index in [1.807, 2.05) is 35.2 Å². The molecule has 3 aliphatic rings. The van der Waals surface area contributed by atoms with Crippen LogP contribution in [-0.4, -0.2) is 35.5 Å². The van der Waals surface area contributed by atoms with Crippen LogP contribution in [0.4, 0.5) is 4.39 Å². The van der Waals surface area contributed by atoms with Crippen LogP contribution < -0.4 is 4.74 Å². The zero-order valence-corrected chi connectivity index (χ0v) is 20.2. The molecular weight excluding hydrogens is 457 g/mol. The van der Waals surface area contributed by atoms with Crippen molar-refractivity contribution in [2.45, 2.75) is 43.6 Å². The monoisotopic (exact) mass is 485 g/mol. The molecule has 36 heavy (non-hydrogen) atoms. The average molecular weight is 486 g/mol. The van der Waals surface area contributed by atoms with Gasteiger partial charge in [0.1, 0.15) is 11.6 Å². The number of carboxylic acid groups (broad SMARTS) is 1. The molecule has 0 aromatic heterocycles. The summed E-state index contributed by atoms with van der Waals surface area (Å²) in [4.78, 5) is 27.2. The van der Waals surface area contributed by atoms with Crippen molar-refractivity contribution in [2.75, 3.05) is 13.7 Å². The molecule has 0 unspecified atom stereocenters. The van der Waals surface area contributed by atoms with Gasteiger partial charge in [-0.1, -0.05) is 42.5 Å². The molecule has 3 aromatic carbocycles. The van der Waals surface area contributed by atoms with E-state index in [2.05, 4.69) is 12.1 Å². The first-order chi connectivity index (χ1) is 17.4. The number of hydrogen-bond donors (Lipinski definition) is 1. The van der Waals surface area contributed by atoms with Gasteiger partial charge in [-0.15, -0.1) is 0 Å². The smallest absolute Gasteiger partial charge is 0.314 e. The Morgan fingerprint density at radius 2 is 1.81 bits per heavy atom. The standard InChI is InChI=1S/C30H28FNO4/c1-36-27-10-7-19(30(12-13-30)29(34)35)15-23(27)20-8-9-26(31)21-11-14-32(17-25(20)21)28(33)24-16-22(24)18-5-3-2-4-6-18/h2-10,15,22,24H,11-14,16-17H2,1H3,(H,34,35)/t22-,24+/m0/s1. The summed E-state index contributed by atoms with van der Waals surface area (Å²) in [5, 5.41) is 9.81. The molecule has 1 heterocycles. The molecule has 6 rings (SSSR count). The Balaban J connectivity index is 1.34. The number of carbonyl (C=O) groups excluding carboxylic acids is 1. The van der Waals surface area contributed by atoms with Crippen molar-refractivity contribution in [3.63, 3.8) is 0 Å². The first-order valence-electron chi connectivity index (χ1n) is 12.5. The molecule has 0 saturated heterocycles. The van der Waals surface area contributed by atoms with Crippen molar-refractivity contribution in [1.29, 1.82) is 0 Å². The highest BCUT2D eigenvalue weighted by Gasteiger charge is 2.52. The number of amides is 1. The molecule has 1 amide bonds. The van der Waals surface area contributed by atoms with Crippen molar-refractivity contribution in [3.8, 4) is 16.9 Å². The molecule has 2 atom stereocenters. The third kappa shape index (κ3) is 3.67. The van der Waals surface area contributed by atoms with Gasteiger partial charge in [-0.3, -0.25) is 9.59 Å². The SMILES string of the molecule is COc1ccc(C2(C(=O)O)CC2)cc1-c1ccc(F)c2c1CN(C(=O)[C@@H]1C[C@H]1c1ccccc1)CC2. The Kier molecular flexibility index (Phi) is 5.36. The van der Waals surface area contributed by atoms with Crippen LogP contribution in [0, 0.1) is 11.7 Å². The van der Waals surface area contributed by atoms with Crippen LogP contribution in [0.15, 0.2) is 60.7 Å². The van der Waals surface area contributed by atoms with Gasteiger partial charge in [0.2, 0.25) is 5.91 Å². The quantitative estimate of drug-likeness (QED) is 0.514. The van der Waals surface area contributed by atoms with Gasteiger partial charge in [0, 0.05) is 24.6 Å². The molecule has 2 aliphatic carbocycles. The van der Waals surface area contributed by atoms with Crippen molar-refractivity contribution in [3.05, 3.63) is 88.7 Å². The molecule has 0 spiro atoms. The topological polar surface area (TPSA) is 66.8 Å². The fourth-order valence-electron chi connectivity index (χ4n) is 5.81. The summed E-state index contributed by atoms with van der Waals surface area (Å²) in [5.74, 6) is -0.164. The van der Waals surface area contributed by atoms with Gasteiger partial charge in [0.05, 0.1) is 12.5 Å². The van der Waals surface area contributed by atoms with E-state index in [1.165, 1.54) is 11.6 Å². The second-order valence-corrected chi connectivity index (χ2v) is 10.2. The van der Waals surface area contributed by atoms with E-state index in [1.54, 1.807) is 19.2 Å². The van der Waals surface area contributed by atoms with Crippen LogP contribution in [0.2, 0.25) is 0 Å². The van der Waals surface area contributed by atoms with E-state index in [9.17, 15) is 19.1 Å². The highest BCUT2D eigenvalue weighted by atomic mass is 19.1. The minimum Gasteiger partial charge on any atom is -0.496 e. The third-order valence-corrected chi connectivity index (χ3v) is 8.20. The van der Waals surface area contributed by atoms with Crippen LogP contribution in [0.5, 0.6) is 5.75 Å². The fraction of sp³-hybridized carbons (Fsp3) is 0.333. The lowest BCUT2D eigenvalue weighted by molar-refractivity contribution is -0.140. The van der Waals surface area contributed by atoms with Gasteiger partial charge in [-0.25, -0.2) is 4.39 Å². The lowest BCUT2D eigenvalue weighted by Gasteiger charge is -2.31. The Bertz CT molecular complexity index is 1360. The minimum absolute atomic E-state index is 0.0332. The maximum Gasteiger partial charge on any atom is 0.314 e. The summed E-state index contributed by atoms with van der Waals surface area (Å²) in [5.41, 5.74) is 3.99. The molecule has 2 fully saturated rings. The van der Waals surface area contributed by atoms with E-state index in [4.69, 9.17) is 4.74 Å². The molecule has 5 nitrogen and oxygen atoms in total. The van der Waals surface area contributed by atoms with E-state index in [-0.39, 0.29) is 23.6 Å². The zero-order valence-electron chi connectivity index (χ0n) is 20.2. The van der Waals surface area contributed by atoms with Crippen LogP contribution >= 0.6 is 0 Å². The first kappa shape index (κ1) is 22.8. The summed E-state index contributed by atoms with van der Waals surface area (Å²) in [7, 11) is 1.57. The van der Waals surface area contributed by atoms with Crippen LogP contribution in [-0.2, 0) is 28.0 Å². The number of carbonyl (C=O) groups is 2. The average Bonchev–Trinajstić information content (AvgIpc) is 3.82. The van der Waals surface area contributed by atoms with Crippen molar-refractivity contribution in [1.82, 2.24) is 4.90 Å². The molecule has 1 aliphatic heterocycles. The van der Waals surface area contributed by atoms with E-state index in [0.717, 1.165) is 28.7 Å². The highest BCUT2D eigenvalue weighted by Crippen LogP contribution is 2.51. The van der Waals surface area contributed by atoms with Crippen molar-refractivity contribution < 1.29 is 23.8 Å². The molecule has 6 heteroatoms. The largest absolute Gasteiger partial charge is 0.496 e. The number of fused-ring (bicyclic) bond motifs is 1. The Morgan fingerprint density at radius 3 is 2.50 bits per heavy atom. The van der Waals surface area contributed by atoms with Crippen molar-refractivity contribution >= 4 is 11.9 Å². The Morgan fingerprint density at radius 1 is 1.03 bits per heavy atom. The van der Waals surface area contributed by atoms with Gasteiger partial charge >= 0.3 is 5.97 Å². The van der Waals surface area contributed by atoms with E-state index in [0.29, 0.717) is 43.7 Å². The van der Waals surface area contributed by atoms with E-state index < -0.39 is 11.4 Å². The van der Waals surface area contributed by atoms with E-state index >= 15 is 0 Å². The number of halogens is 1. The maximum absolute atomic E-state index is 14.9. The number of nitrogens with zero attached hydrogens (tertiary/aromatic N) is 1.